The van der Waals surface area contributed by atoms with Crippen molar-refractivity contribution in [2.75, 3.05) is 0 Å². The van der Waals surface area contributed by atoms with E-state index in [0.29, 0.717) is 0 Å². The van der Waals surface area contributed by atoms with Crippen molar-refractivity contribution in [3.8, 4) is 6.07 Å². The van der Waals surface area contributed by atoms with Crippen LogP contribution in [0.3, 0.4) is 0 Å². The summed E-state index contributed by atoms with van der Waals surface area (Å²) in [4.78, 5) is 0. The average Bonchev–Trinajstić information content (AvgIpc) is 1.89. The molecule has 0 atom stereocenters. The molecular formula is C8H11N. The molecule has 0 radical (unpaired) electrons. The van der Waals surface area contributed by atoms with Crippen LogP contribution in [0.25, 0.3) is 0 Å². The van der Waals surface area contributed by atoms with E-state index in [1.54, 1.807) is 0 Å². The quantitative estimate of drug-likeness (QED) is 0.319. The maximum atomic E-state index is 8.07. The van der Waals surface area contributed by atoms with Gasteiger partial charge in [-0.25, -0.2) is 0 Å². The smallest absolute Gasteiger partial charge is 0.0908 e. The zero-order chi connectivity index (χ0) is 6.95. The van der Waals surface area contributed by atoms with E-state index in [-0.39, 0.29) is 0 Å². The summed E-state index contributed by atoms with van der Waals surface area (Å²) in [6.07, 6.45) is 9.50. The molecule has 48 valence electrons. The first kappa shape index (κ1) is 7.97. The number of hydrogen-bond donors (Lipinski definition) is 0. The van der Waals surface area contributed by atoms with Gasteiger partial charge < -0.3 is 0 Å². The van der Waals surface area contributed by atoms with Crippen molar-refractivity contribution in [2.45, 2.75) is 19.8 Å². The molecule has 0 aliphatic heterocycles. The van der Waals surface area contributed by atoms with E-state index in [4.69, 9.17) is 5.26 Å². The largest absolute Gasteiger partial charge is 0.193 e. The SMILES string of the molecule is C/C=C/CC/C=C/C#N. The van der Waals surface area contributed by atoms with E-state index in [1.165, 1.54) is 6.08 Å². The topological polar surface area (TPSA) is 23.8 Å². The Morgan fingerprint density at radius 3 is 2.56 bits per heavy atom. The van der Waals surface area contributed by atoms with Gasteiger partial charge in [-0.3, -0.25) is 0 Å². The van der Waals surface area contributed by atoms with Crippen LogP contribution in [0.4, 0.5) is 0 Å². The molecule has 0 amide bonds. The van der Waals surface area contributed by atoms with Gasteiger partial charge in [-0.2, -0.15) is 5.26 Å². The lowest BCUT2D eigenvalue weighted by Gasteiger charge is -1.80. The van der Waals surface area contributed by atoms with Crippen molar-refractivity contribution in [3.63, 3.8) is 0 Å². The van der Waals surface area contributed by atoms with Crippen LogP contribution in [-0.2, 0) is 0 Å². The lowest BCUT2D eigenvalue weighted by Crippen LogP contribution is -1.61. The van der Waals surface area contributed by atoms with Crippen LogP contribution >= 0.6 is 0 Å². The van der Waals surface area contributed by atoms with Gasteiger partial charge in [0, 0.05) is 6.08 Å². The second-order valence-corrected chi connectivity index (χ2v) is 1.68. The Morgan fingerprint density at radius 2 is 2.00 bits per heavy atom. The van der Waals surface area contributed by atoms with E-state index in [2.05, 4.69) is 6.08 Å². The second kappa shape index (κ2) is 6.97. The van der Waals surface area contributed by atoms with Gasteiger partial charge in [0.25, 0.3) is 0 Å². The second-order valence-electron chi connectivity index (χ2n) is 1.68. The summed E-state index contributed by atoms with van der Waals surface area (Å²) < 4.78 is 0. The van der Waals surface area contributed by atoms with Gasteiger partial charge in [0.1, 0.15) is 0 Å². The minimum atomic E-state index is 0.970. The first-order valence-electron chi connectivity index (χ1n) is 3.07. The molecule has 1 heteroatoms. The molecule has 1 nitrogen and oxygen atoms in total. The Kier molecular flexibility index (Phi) is 6.17. The van der Waals surface area contributed by atoms with Gasteiger partial charge in [0.2, 0.25) is 0 Å². The number of rotatable bonds is 3. The third-order valence-electron chi connectivity index (χ3n) is 0.928. The van der Waals surface area contributed by atoms with E-state index < -0.39 is 0 Å². The minimum Gasteiger partial charge on any atom is -0.193 e. The Morgan fingerprint density at radius 1 is 1.33 bits per heavy atom. The number of hydrogen-bond acceptors (Lipinski definition) is 1. The highest BCUT2D eigenvalue weighted by atomic mass is 14.2. The molecule has 0 aromatic rings. The molecule has 0 aromatic heterocycles. The van der Waals surface area contributed by atoms with Crippen molar-refractivity contribution in [1.29, 1.82) is 5.26 Å². The summed E-state index contributed by atoms with van der Waals surface area (Å²) in [6.45, 7) is 1.99. The summed E-state index contributed by atoms with van der Waals surface area (Å²) >= 11 is 0. The maximum Gasteiger partial charge on any atom is 0.0908 e. The lowest BCUT2D eigenvalue weighted by molar-refractivity contribution is 1.05. The average molecular weight is 121 g/mol. The van der Waals surface area contributed by atoms with Crippen molar-refractivity contribution in [3.05, 3.63) is 24.3 Å². The zero-order valence-electron chi connectivity index (χ0n) is 5.67. The van der Waals surface area contributed by atoms with Crippen LogP contribution in [0, 0.1) is 11.3 Å². The predicted octanol–water partition coefficient (Wildman–Crippen LogP) is 2.42. The minimum absolute atomic E-state index is 0.970. The molecule has 0 aromatic carbocycles. The van der Waals surface area contributed by atoms with Crippen LogP contribution in [0.1, 0.15) is 19.8 Å². The van der Waals surface area contributed by atoms with Crippen LogP contribution in [0.2, 0.25) is 0 Å². The molecule has 0 aliphatic carbocycles. The lowest BCUT2D eigenvalue weighted by atomic mass is 10.3. The Bertz CT molecular complexity index is 137. The Hall–Kier alpha value is -1.03. The zero-order valence-corrected chi connectivity index (χ0v) is 5.67. The van der Waals surface area contributed by atoms with Crippen LogP contribution in [-0.4, -0.2) is 0 Å². The van der Waals surface area contributed by atoms with Gasteiger partial charge in [0.05, 0.1) is 6.07 Å². The van der Waals surface area contributed by atoms with Crippen molar-refractivity contribution in [2.24, 2.45) is 0 Å². The Balaban J connectivity index is 3.12. The van der Waals surface area contributed by atoms with Gasteiger partial charge in [-0.1, -0.05) is 18.2 Å². The van der Waals surface area contributed by atoms with Crippen molar-refractivity contribution < 1.29 is 0 Å². The normalized spacial score (nSPS) is 10.7. The van der Waals surface area contributed by atoms with Crippen LogP contribution < -0.4 is 0 Å². The standard InChI is InChI=1S/C8H11N/c1-2-3-4-5-6-7-8-9/h2-3,6-7H,4-5H2,1H3/b3-2+,7-6+. The van der Waals surface area contributed by atoms with Gasteiger partial charge in [-0.15, -0.1) is 0 Å². The van der Waals surface area contributed by atoms with E-state index in [0.717, 1.165) is 12.8 Å². The molecule has 0 saturated heterocycles. The van der Waals surface area contributed by atoms with E-state index in [1.807, 2.05) is 25.1 Å². The molecule has 0 fully saturated rings. The third-order valence-corrected chi connectivity index (χ3v) is 0.928. The van der Waals surface area contributed by atoms with Crippen molar-refractivity contribution in [1.82, 2.24) is 0 Å². The van der Waals surface area contributed by atoms with Gasteiger partial charge in [-0.05, 0) is 19.8 Å². The predicted molar refractivity (Wildman–Crippen MR) is 38.8 cm³/mol. The third kappa shape index (κ3) is 6.97. The summed E-state index contributed by atoms with van der Waals surface area (Å²) in [5, 5.41) is 8.07. The fourth-order valence-corrected chi connectivity index (χ4v) is 0.495. The maximum absolute atomic E-state index is 8.07. The molecule has 0 bridgehead atoms. The highest BCUT2D eigenvalue weighted by Gasteiger charge is 1.72. The van der Waals surface area contributed by atoms with E-state index in [9.17, 15) is 0 Å². The number of nitrogens with zero attached hydrogens (tertiary/aromatic N) is 1. The van der Waals surface area contributed by atoms with Gasteiger partial charge in [0.15, 0.2) is 0 Å². The molecule has 0 spiro atoms. The van der Waals surface area contributed by atoms with E-state index >= 15 is 0 Å². The molecule has 0 unspecified atom stereocenters. The summed E-state index contributed by atoms with van der Waals surface area (Å²) in [6, 6.07) is 1.94. The first-order chi connectivity index (χ1) is 4.41. The van der Waals surface area contributed by atoms with Gasteiger partial charge >= 0.3 is 0 Å². The number of nitriles is 1. The molecule has 0 aliphatic rings. The molecule has 0 rings (SSSR count). The molecule has 0 heterocycles. The Labute approximate surface area is 56.3 Å². The number of allylic oxidation sites excluding steroid dienone is 4. The van der Waals surface area contributed by atoms with Crippen LogP contribution in [0.5, 0.6) is 0 Å². The first-order valence-corrected chi connectivity index (χ1v) is 3.07. The summed E-state index contributed by atoms with van der Waals surface area (Å²) in [7, 11) is 0. The molecule has 0 N–H and O–H groups in total. The summed E-state index contributed by atoms with van der Waals surface area (Å²) in [5.41, 5.74) is 0. The molecule has 0 saturated carbocycles. The highest BCUT2D eigenvalue weighted by Crippen LogP contribution is 1.91. The highest BCUT2D eigenvalue weighted by molar-refractivity contribution is 5.01. The molecular weight excluding hydrogens is 110 g/mol. The van der Waals surface area contributed by atoms with Crippen LogP contribution in [0.15, 0.2) is 24.3 Å². The fraction of sp³-hybridized carbons (Fsp3) is 0.375. The monoisotopic (exact) mass is 121 g/mol. The fourth-order valence-electron chi connectivity index (χ4n) is 0.495. The molecule has 9 heavy (non-hydrogen) atoms. The number of unbranched alkanes of at least 4 members (excludes halogenated alkanes) is 1. The van der Waals surface area contributed by atoms with Crippen molar-refractivity contribution >= 4 is 0 Å². The summed E-state index contributed by atoms with van der Waals surface area (Å²) in [5.74, 6) is 0.